The molecule has 0 aliphatic carbocycles. The molecule has 3 aromatic rings. The SMILES string of the molecule is CCCCCCCCCCOc1ccc(/C=C/C(=O)Oc2ccc(C(=O)OCc3ccc(OC)cc3)cc2)cc1. The topological polar surface area (TPSA) is 71.1 Å². The van der Waals surface area contributed by atoms with E-state index in [9.17, 15) is 9.59 Å². The van der Waals surface area contributed by atoms with E-state index in [2.05, 4.69) is 6.92 Å². The molecule has 40 heavy (non-hydrogen) atoms. The summed E-state index contributed by atoms with van der Waals surface area (Å²) in [4.78, 5) is 24.6. The molecular weight excluding hydrogens is 504 g/mol. The summed E-state index contributed by atoms with van der Waals surface area (Å²) in [5, 5.41) is 0. The fraction of sp³-hybridized carbons (Fsp3) is 0.353. The van der Waals surface area contributed by atoms with Gasteiger partial charge in [-0.3, -0.25) is 0 Å². The second kappa shape index (κ2) is 17.5. The van der Waals surface area contributed by atoms with Crippen molar-refractivity contribution in [2.75, 3.05) is 13.7 Å². The van der Waals surface area contributed by atoms with E-state index in [0.29, 0.717) is 11.3 Å². The van der Waals surface area contributed by atoms with Gasteiger partial charge >= 0.3 is 11.9 Å². The molecule has 0 amide bonds. The second-order valence-electron chi connectivity index (χ2n) is 9.60. The largest absolute Gasteiger partial charge is 0.497 e. The Morgan fingerprint density at radius 2 is 1.30 bits per heavy atom. The van der Waals surface area contributed by atoms with Crippen LogP contribution in [0.3, 0.4) is 0 Å². The summed E-state index contributed by atoms with van der Waals surface area (Å²) >= 11 is 0. The van der Waals surface area contributed by atoms with E-state index in [0.717, 1.165) is 35.7 Å². The van der Waals surface area contributed by atoms with Crippen LogP contribution in [0.2, 0.25) is 0 Å². The third-order valence-electron chi connectivity index (χ3n) is 6.40. The van der Waals surface area contributed by atoms with Crippen LogP contribution in [0.5, 0.6) is 17.2 Å². The van der Waals surface area contributed by atoms with E-state index in [1.807, 2.05) is 48.5 Å². The third kappa shape index (κ3) is 11.4. The molecule has 0 spiro atoms. The number of carbonyl (C=O) groups is 2. The van der Waals surface area contributed by atoms with Gasteiger partial charge in [-0.2, -0.15) is 0 Å². The minimum atomic E-state index is -0.509. The van der Waals surface area contributed by atoms with Crippen LogP contribution in [0, 0.1) is 0 Å². The fourth-order valence-corrected chi connectivity index (χ4v) is 4.03. The number of rotatable bonds is 17. The smallest absolute Gasteiger partial charge is 0.338 e. The first kappa shape index (κ1) is 30.5. The van der Waals surface area contributed by atoms with Gasteiger partial charge in [-0.15, -0.1) is 0 Å². The highest BCUT2D eigenvalue weighted by atomic mass is 16.5. The monoisotopic (exact) mass is 544 g/mol. The number of unbranched alkanes of at least 4 members (excludes halogenated alkanes) is 7. The normalized spacial score (nSPS) is 10.8. The van der Waals surface area contributed by atoms with Crippen LogP contribution in [0.25, 0.3) is 6.08 Å². The zero-order chi connectivity index (χ0) is 28.4. The molecule has 6 nitrogen and oxygen atoms in total. The van der Waals surface area contributed by atoms with Crippen LogP contribution < -0.4 is 14.2 Å². The quantitative estimate of drug-likeness (QED) is 0.0738. The van der Waals surface area contributed by atoms with Crippen LogP contribution >= 0.6 is 0 Å². The van der Waals surface area contributed by atoms with Crippen molar-refractivity contribution in [3.05, 3.63) is 95.6 Å². The summed E-state index contributed by atoms with van der Waals surface area (Å²) in [5.74, 6) is 0.933. The number of hydrogen-bond acceptors (Lipinski definition) is 6. The van der Waals surface area contributed by atoms with Gasteiger partial charge in [0.25, 0.3) is 0 Å². The molecule has 0 saturated carbocycles. The number of carbonyl (C=O) groups excluding carboxylic acids is 2. The van der Waals surface area contributed by atoms with Crippen molar-refractivity contribution in [2.45, 2.75) is 64.9 Å². The Kier molecular flexibility index (Phi) is 13.3. The Bertz CT molecular complexity index is 1180. The van der Waals surface area contributed by atoms with Crippen molar-refractivity contribution in [3.63, 3.8) is 0 Å². The molecule has 3 rings (SSSR count). The van der Waals surface area contributed by atoms with Crippen LogP contribution in [0.1, 0.15) is 79.8 Å². The van der Waals surface area contributed by atoms with Gasteiger partial charge in [0.15, 0.2) is 0 Å². The Morgan fingerprint density at radius 1 is 0.700 bits per heavy atom. The van der Waals surface area contributed by atoms with Gasteiger partial charge in [-0.25, -0.2) is 9.59 Å². The lowest BCUT2D eigenvalue weighted by Crippen LogP contribution is -2.06. The van der Waals surface area contributed by atoms with Crippen molar-refractivity contribution in [1.29, 1.82) is 0 Å². The van der Waals surface area contributed by atoms with Crippen molar-refractivity contribution < 1.29 is 28.5 Å². The maximum absolute atomic E-state index is 12.3. The van der Waals surface area contributed by atoms with E-state index < -0.39 is 11.9 Å². The fourth-order valence-electron chi connectivity index (χ4n) is 4.03. The Hall–Kier alpha value is -4.06. The van der Waals surface area contributed by atoms with Gasteiger partial charge in [-0.05, 0) is 72.2 Å². The molecule has 0 fully saturated rings. The second-order valence-corrected chi connectivity index (χ2v) is 9.60. The summed E-state index contributed by atoms with van der Waals surface area (Å²) in [6.45, 7) is 3.11. The van der Waals surface area contributed by atoms with E-state index in [-0.39, 0.29) is 6.61 Å². The molecule has 0 atom stereocenters. The molecule has 3 aromatic carbocycles. The highest BCUT2D eigenvalue weighted by Crippen LogP contribution is 2.17. The van der Waals surface area contributed by atoms with E-state index in [1.165, 1.54) is 51.0 Å². The molecule has 0 heterocycles. The zero-order valence-electron chi connectivity index (χ0n) is 23.6. The molecule has 0 saturated heterocycles. The first-order valence-corrected chi connectivity index (χ1v) is 14.1. The first-order valence-electron chi connectivity index (χ1n) is 14.1. The average Bonchev–Trinajstić information content (AvgIpc) is 2.99. The van der Waals surface area contributed by atoms with E-state index in [4.69, 9.17) is 18.9 Å². The van der Waals surface area contributed by atoms with Gasteiger partial charge in [0, 0.05) is 6.08 Å². The van der Waals surface area contributed by atoms with Crippen molar-refractivity contribution in [3.8, 4) is 17.2 Å². The minimum absolute atomic E-state index is 0.150. The summed E-state index contributed by atoms with van der Waals surface area (Å²) in [6, 6.07) is 21.2. The lowest BCUT2D eigenvalue weighted by atomic mass is 10.1. The Labute approximate surface area is 237 Å². The molecule has 212 valence electrons. The van der Waals surface area contributed by atoms with Crippen LogP contribution in [-0.2, 0) is 16.1 Å². The molecule has 0 N–H and O–H groups in total. The average molecular weight is 545 g/mol. The van der Waals surface area contributed by atoms with E-state index >= 15 is 0 Å². The Balaban J connectivity index is 1.34. The summed E-state index contributed by atoms with van der Waals surface area (Å²) < 4.78 is 21.6. The number of methoxy groups -OCH3 is 1. The number of hydrogen-bond donors (Lipinski definition) is 0. The van der Waals surface area contributed by atoms with E-state index in [1.54, 1.807) is 37.5 Å². The standard InChI is InChI=1S/C34H40O6/c1-3-4-5-6-7-8-9-10-25-38-31-20-11-27(12-21-31)15-24-33(35)40-32-22-16-29(17-23-32)34(36)39-26-28-13-18-30(37-2)19-14-28/h11-24H,3-10,25-26H2,1-2H3/b24-15+. The number of benzene rings is 3. The van der Waals surface area contributed by atoms with Gasteiger partial charge in [0.05, 0.1) is 19.3 Å². The molecule has 0 radical (unpaired) electrons. The van der Waals surface area contributed by atoms with Crippen molar-refractivity contribution in [2.24, 2.45) is 0 Å². The highest BCUT2D eigenvalue weighted by Gasteiger charge is 2.09. The van der Waals surface area contributed by atoms with Crippen LogP contribution in [0.15, 0.2) is 78.9 Å². The van der Waals surface area contributed by atoms with Gasteiger partial charge < -0.3 is 18.9 Å². The van der Waals surface area contributed by atoms with Crippen molar-refractivity contribution >= 4 is 18.0 Å². The van der Waals surface area contributed by atoms with Gasteiger partial charge in [0.2, 0.25) is 0 Å². The van der Waals surface area contributed by atoms with Gasteiger partial charge in [0.1, 0.15) is 23.9 Å². The minimum Gasteiger partial charge on any atom is -0.497 e. The summed E-state index contributed by atoms with van der Waals surface area (Å²) in [7, 11) is 1.60. The predicted octanol–water partition coefficient (Wildman–Crippen LogP) is 8.19. The molecule has 0 unspecified atom stereocenters. The maximum atomic E-state index is 12.3. The van der Waals surface area contributed by atoms with Crippen molar-refractivity contribution in [1.82, 2.24) is 0 Å². The number of ether oxygens (including phenoxy) is 4. The Morgan fingerprint density at radius 3 is 1.95 bits per heavy atom. The van der Waals surface area contributed by atoms with Gasteiger partial charge in [-0.1, -0.05) is 76.1 Å². The molecular formula is C34H40O6. The molecule has 0 aliphatic heterocycles. The van der Waals surface area contributed by atoms with Crippen LogP contribution in [-0.4, -0.2) is 25.7 Å². The third-order valence-corrected chi connectivity index (χ3v) is 6.40. The summed E-state index contributed by atoms with van der Waals surface area (Å²) in [5.41, 5.74) is 2.09. The number of esters is 2. The predicted molar refractivity (Wildman–Crippen MR) is 158 cm³/mol. The molecule has 0 aliphatic rings. The highest BCUT2D eigenvalue weighted by molar-refractivity contribution is 5.90. The lowest BCUT2D eigenvalue weighted by Gasteiger charge is -2.07. The first-order chi connectivity index (χ1) is 19.6. The van der Waals surface area contributed by atoms with Crippen LogP contribution in [0.4, 0.5) is 0 Å². The molecule has 0 aromatic heterocycles. The molecule has 6 heteroatoms. The molecule has 0 bridgehead atoms. The zero-order valence-corrected chi connectivity index (χ0v) is 23.6. The summed E-state index contributed by atoms with van der Waals surface area (Å²) in [6.07, 6.45) is 13.2. The lowest BCUT2D eigenvalue weighted by molar-refractivity contribution is -0.128. The maximum Gasteiger partial charge on any atom is 0.338 e.